The minimum atomic E-state index is 0.176. The maximum absolute atomic E-state index is 6.18. The molecule has 0 aromatic heterocycles. The zero-order chi connectivity index (χ0) is 12.3. The molecule has 1 aromatic rings. The molecule has 0 fully saturated rings. The molecule has 0 amide bonds. The standard InChI is InChI=1S/C13H20ClNO/c1-8(2)16-13-9(3)6-12(14)10(4)11(13)7-15-5/h6,8,15H,7H2,1-5H3. The van der Waals surface area contributed by atoms with Crippen molar-refractivity contribution >= 4 is 11.6 Å². The molecule has 0 bridgehead atoms. The average molecular weight is 242 g/mol. The van der Waals surface area contributed by atoms with Gasteiger partial charge in [-0.1, -0.05) is 11.6 Å². The molecule has 16 heavy (non-hydrogen) atoms. The van der Waals surface area contributed by atoms with Crippen LogP contribution in [0.15, 0.2) is 6.07 Å². The zero-order valence-electron chi connectivity index (χ0n) is 10.6. The van der Waals surface area contributed by atoms with Gasteiger partial charge in [0.05, 0.1) is 6.10 Å². The van der Waals surface area contributed by atoms with Gasteiger partial charge in [0, 0.05) is 17.1 Å². The fourth-order valence-electron chi connectivity index (χ4n) is 1.71. The summed E-state index contributed by atoms with van der Waals surface area (Å²) in [5.41, 5.74) is 3.34. The minimum Gasteiger partial charge on any atom is -0.490 e. The van der Waals surface area contributed by atoms with Crippen molar-refractivity contribution in [2.75, 3.05) is 7.05 Å². The van der Waals surface area contributed by atoms with Crippen LogP contribution in [-0.2, 0) is 6.54 Å². The smallest absolute Gasteiger partial charge is 0.127 e. The minimum absolute atomic E-state index is 0.176. The molecule has 0 radical (unpaired) electrons. The van der Waals surface area contributed by atoms with Gasteiger partial charge in [0.25, 0.3) is 0 Å². The molecule has 0 saturated carbocycles. The van der Waals surface area contributed by atoms with Gasteiger partial charge < -0.3 is 10.1 Å². The van der Waals surface area contributed by atoms with E-state index in [-0.39, 0.29) is 6.10 Å². The number of ether oxygens (including phenoxy) is 1. The molecular weight excluding hydrogens is 222 g/mol. The lowest BCUT2D eigenvalue weighted by atomic mass is 10.0. The van der Waals surface area contributed by atoms with E-state index in [9.17, 15) is 0 Å². The number of hydrogen-bond acceptors (Lipinski definition) is 2. The fraction of sp³-hybridized carbons (Fsp3) is 0.538. The summed E-state index contributed by atoms with van der Waals surface area (Å²) in [6.45, 7) is 8.90. The number of halogens is 1. The third kappa shape index (κ3) is 2.89. The predicted octanol–water partition coefficient (Wildman–Crippen LogP) is 3.46. The van der Waals surface area contributed by atoms with Crippen LogP contribution in [0.1, 0.15) is 30.5 Å². The van der Waals surface area contributed by atoms with Crippen molar-refractivity contribution in [2.24, 2.45) is 0 Å². The monoisotopic (exact) mass is 241 g/mol. The second-order valence-corrected chi connectivity index (χ2v) is 4.71. The first kappa shape index (κ1) is 13.3. The van der Waals surface area contributed by atoms with Crippen LogP contribution in [0, 0.1) is 13.8 Å². The lowest BCUT2D eigenvalue weighted by Crippen LogP contribution is -2.14. The van der Waals surface area contributed by atoms with Gasteiger partial charge >= 0.3 is 0 Å². The second-order valence-electron chi connectivity index (χ2n) is 4.30. The van der Waals surface area contributed by atoms with Gasteiger partial charge in [-0.2, -0.15) is 0 Å². The fourth-order valence-corrected chi connectivity index (χ4v) is 1.98. The molecule has 0 spiro atoms. The molecule has 1 rings (SSSR count). The van der Waals surface area contributed by atoms with Crippen molar-refractivity contribution in [2.45, 2.75) is 40.3 Å². The number of aryl methyl sites for hydroxylation is 1. The zero-order valence-corrected chi connectivity index (χ0v) is 11.4. The molecule has 0 aliphatic carbocycles. The highest BCUT2D eigenvalue weighted by Gasteiger charge is 2.14. The summed E-state index contributed by atoms with van der Waals surface area (Å²) < 4.78 is 5.87. The van der Waals surface area contributed by atoms with Crippen molar-refractivity contribution in [3.63, 3.8) is 0 Å². The predicted molar refractivity (Wildman–Crippen MR) is 69.5 cm³/mol. The number of benzene rings is 1. The van der Waals surface area contributed by atoms with E-state index >= 15 is 0 Å². The van der Waals surface area contributed by atoms with E-state index in [2.05, 4.69) is 5.32 Å². The first-order valence-corrected chi connectivity index (χ1v) is 5.95. The molecule has 1 aromatic carbocycles. The summed E-state index contributed by atoms with van der Waals surface area (Å²) in [6.07, 6.45) is 0.176. The summed E-state index contributed by atoms with van der Waals surface area (Å²) in [7, 11) is 1.93. The Morgan fingerprint density at radius 3 is 2.50 bits per heavy atom. The molecular formula is C13H20ClNO. The molecule has 0 atom stereocenters. The molecule has 3 heteroatoms. The third-order valence-electron chi connectivity index (χ3n) is 2.49. The van der Waals surface area contributed by atoms with Crippen molar-refractivity contribution in [3.05, 3.63) is 27.8 Å². The quantitative estimate of drug-likeness (QED) is 0.872. The Morgan fingerprint density at radius 2 is 2.00 bits per heavy atom. The van der Waals surface area contributed by atoms with Crippen molar-refractivity contribution < 1.29 is 4.74 Å². The molecule has 0 aliphatic heterocycles. The largest absolute Gasteiger partial charge is 0.490 e. The summed E-state index contributed by atoms with van der Waals surface area (Å²) in [5.74, 6) is 0.964. The first-order valence-electron chi connectivity index (χ1n) is 5.57. The summed E-state index contributed by atoms with van der Waals surface area (Å²) in [6, 6.07) is 1.97. The van der Waals surface area contributed by atoms with Crippen LogP contribution in [0.2, 0.25) is 5.02 Å². The molecule has 0 saturated heterocycles. The SMILES string of the molecule is CNCc1c(C)c(Cl)cc(C)c1OC(C)C. The normalized spacial score (nSPS) is 10.9. The van der Waals surface area contributed by atoms with Crippen LogP contribution >= 0.6 is 11.6 Å². The molecule has 0 heterocycles. The maximum Gasteiger partial charge on any atom is 0.127 e. The average Bonchev–Trinajstić information content (AvgIpc) is 2.19. The maximum atomic E-state index is 6.18. The first-order chi connectivity index (χ1) is 7.47. The van der Waals surface area contributed by atoms with E-state index in [0.29, 0.717) is 0 Å². The van der Waals surface area contributed by atoms with Crippen LogP contribution in [0.3, 0.4) is 0 Å². The third-order valence-corrected chi connectivity index (χ3v) is 2.89. The van der Waals surface area contributed by atoms with Crippen LogP contribution in [0.25, 0.3) is 0 Å². The van der Waals surface area contributed by atoms with E-state index < -0.39 is 0 Å². The van der Waals surface area contributed by atoms with E-state index in [4.69, 9.17) is 16.3 Å². The van der Waals surface area contributed by atoms with Gasteiger partial charge in [-0.15, -0.1) is 0 Å². The van der Waals surface area contributed by atoms with Gasteiger partial charge in [-0.05, 0) is 51.9 Å². The van der Waals surface area contributed by atoms with Gasteiger partial charge in [0.1, 0.15) is 5.75 Å². The molecule has 0 aliphatic rings. The Balaban J connectivity index is 3.26. The highest BCUT2D eigenvalue weighted by molar-refractivity contribution is 6.31. The van der Waals surface area contributed by atoms with E-state index in [0.717, 1.165) is 34.0 Å². The summed E-state index contributed by atoms with van der Waals surface area (Å²) in [4.78, 5) is 0. The highest BCUT2D eigenvalue weighted by atomic mass is 35.5. The topological polar surface area (TPSA) is 21.3 Å². The Hall–Kier alpha value is -0.730. The lowest BCUT2D eigenvalue weighted by molar-refractivity contribution is 0.238. The molecule has 1 N–H and O–H groups in total. The van der Waals surface area contributed by atoms with E-state index in [1.54, 1.807) is 0 Å². The Morgan fingerprint density at radius 1 is 1.38 bits per heavy atom. The number of rotatable bonds is 4. The van der Waals surface area contributed by atoms with Gasteiger partial charge in [0.15, 0.2) is 0 Å². The lowest BCUT2D eigenvalue weighted by Gasteiger charge is -2.19. The summed E-state index contributed by atoms with van der Waals surface area (Å²) in [5, 5.41) is 3.96. The highest BCUT2D eigenvalue weighted by Crippen LogP contribution is 2.32. The van der Waals surface area contributed by atoms with Crippen LogP contribution in [0.4, 0.5) is 0 Å². The Kier molecular flexibility index (Phi) is 4.63. The van der Waals surface area contributed by atoms with Crippen LogP contribution < -0.4 is 10.1 Å². The van der Waals surface area contributed by atoms with Crippen LogP contribution in [0.5, 0.6) is 5.75 Å². The Bertz CT molecular complexity index is 375. The Labute approximate surface area is 103 Å². The van der Waals surface area contributed by atoms with Gasteiger partial charge in [-0.3, -0.25) is 0 Å². The van der Waals surface area contributed by atoms with Crippen LogP contribution in [-0.4, -0.2) is 13.2 Å². The molecule has 0 unspecified atom stereocenters. The van der Waals surface area contributed by atoms with E-state index in [1.807, 2.05) is 40.8 Å². The molecule has 90 valence electrons. The van der Waals surface area contributed by atoms with Gasteiger partial charge in [-0.25, -0.2) is 0 Å². The number of nitrogens with one attached hydrogen (secondary N) is 1. The second kappa shape index (κ2) is 5.55. The van der Waals surface area contributed by atoms with Gasteiger partial charge in [0.2, 0.25) is 0 Å². The number of hydrogen-bond donors (Lipinski definition) is 1. The van der Waals surface area contributed by atoms with Crippen molar-refractivity contribution in [1.29, 1.82) is 0 Å². The van der Waals surface area contributed by atoms with Crippen molar-refractivity contribution in [3.8, 4) is 5.75 Å². The molecule has 2 nitrogen and oxygen atoms in total. The summed E-state index contributed by atoms with van der Waals surface area (Å²) >= 11 is 6.18. The van der Waals surface area contributed by atoms with Crippen molar-refractivity contribution in [1.82, 2.24) is 5.32 Å². The van der Waals surface area contributed by atoms with E-state index in [1.165, 1.54) is 0 Å².